The predicted octanol–water partition coefficient (Wildman–Crippen LogP) is 3.51. The molecule has 1 aromatic rings. The molecular formula is C15H26N2O2S. The molecule has 0 aliphatic rings. The topological polar surface area (TPSA) is 51.2 Å². The molecule has 1 rings (SSSR count). The second-order valence-electron chi connectivity index (χ2n) is 6.19. The van der Waals surface area contributed by atoms with Crippen LogP contribution in [0.5, 0.6) is 0 Å². The van der Waals surface area contributed by atoms with E-state index < -0.39 is 0 Å². The second-order valence-corrected chi connectivity index (χ2v) is 7.22. The van der Waals surface area contributed by atoms with Gasteiger partial charge in [0, 0.05) is 19.1 Å². The van der Waals surface area contributed by atoms with Crippen LogP contribution in [0.1, 0.15) is 67.3 Å². The van der Waals surface area contributed by atoms with Crippen molar-refractivity contribution in [3.8, 4) is 0 Å². The van der Waals surface area contributed by atoms with Crippen LogP contribution in [0.2, 0.25) is 0 Å². The van der Waals surface area contributed by atoms with Crippen LogP contribution in [-0.4, -0.2) is 29.6 Å². The van der Waals surface area contributed by atoms with E-state index in [2.05, 4.69) is 24.1 Å². The van der Waals surface area contributed by atoms with Crippen molar-refractivity contribution in [2.75, 3.05) is 13.2 Å². The fraction of sp³-hybridized carbons (Fsp3) is 0.733. The minimum atomic E-state index is -0.121. The van der Waals surface area contributed by atoms with E-state index in [1.165, 1.54) is 11.3 Å². The number of hydrogen-bond donors (Lipinski definition) is 1. The SMILES string of the molecule is Cc1nc(C(C)C)sc1C(=O)NCCCOC(C)(C)C. The highest BCUT2D eigenvalue weighted by Crippen LogP contribution is 2.24. The summed E-state index contributed by atoms with van der Waals surface area (Å²) in [6.07, 6.45) is 0.817. The number of thiazole rings is 1. The number of nitrogens with one attached hydrogen (secondary N) is 1. The van der Waals surface area contributed by atoms with Crippen molar-refractivity contribution in [2.24, 2.45) is 0 Å². The Morgan fingerprint density at radius 3 is 2.55 bits per heavy atom. The number of aromatic nitrogens is 1. The van der Waals surface area contributed by atoms with Gasteiger partial charge in [0.1, 0.15) is 4.88 Å². The van der Waals surface area contributed by atoms with Crippen LogP contribution in [0, 0.1) is 6.92 Å². The fourth-order valence-electron chi connectivity index (χ4n) is 1.61. The minimum absolute atomic E-state index is 0.0253. The second kappa shape index (κ2) is 7.18. The average molecular weight is 298 g/mol. The van der Waals surface area contributed by atoms with E-state index in [0.29, 0.717) is 19.1 Å². The molecule has 0 aliphatic carbocycles. The largest absolute Gasteiger partial charge is 0.376 e. The number of aryl methyl sites for hydroxylation is 1. The summed E-state index contributed by atoms with van der Waals surface area (Å²) >= 11 is 1.49. The summed E-state index contributed by atoms with van der Waals surface area (Å²) in [5.41, 5.74) is 0.701. The highest BCUT2D eigenvalue weighted by molar-refractivity contribution is 7.13. The fourth-order valence-corrected chi connectivity index (χ4v) is 2.59. The maximum Gasteiger partial charge on any atom is 0.263 e. The Morgan fingerprint density at radius 1 is 1.40 bits per heavy atom. The van der Waals surface area contributed by atoms with E-state index in [1.807, 2.05) is 27.7 Å². The number of ether oxygens (including phenoxy) is 1. The Morgan fingerprint density at radius 2 is 2.05 bits per heavy atom. The van der Waals surface area contributed by atoms with Gasteiger partial charge in [-0.25, -0.2) is 4.98 Å². The molecule has 5 heteroatoms. The van der Waals surface area contributed by atoms with Crippen LogP contribution >= 0.6 is 11.3 Å². The van der Waals surface area contributed by atoms with Crippen LogP contribution in [-0.2, 0) is 4.74 Å². The molecule has 0 saturated heterocycles. The van der Waals surface area contributed by atoms with E-state index in [0.717, 1.165) is 22.0 Å². The normalized spacial score (nSPS) is 11.9. The third-order valence-corrected chi connectivity index (χ3v) is 4.11. The van der Waals surface area contributed by atoms with Crippen molar-refractivity contribution >= 4 is 17.2 Å². The van der Waals surface area contributed by atoms with E-state index in [9.17, 15) is 4.79 Å². The van der Waals surface area contributed by atoms with Gasteiger partial charge < -0.3 is 10.1 Å². The number of nitrogens with zero attached hydrogens (tertiary/aromatic N) is 1. The Hall–Kier alpha value is -0.940. The van der Waals surface area contributed by atoms with Crippen molar-refractivity contribution < 1.29 is 9.53 Å². The Bertz CT molecular complexity index is 447. The molecule has 0 atom stereocenters. The number of rotatable bonds is 6. The van der Waals surface area contributed by atoms with Crippen LogP contribution in [0.25, 0.3) is 0 Å². The van der Waals surface area contributed by atoms with Crippen LogP contribution in [0.15, 0.2) is 0 Å². The highest BCUT2D eigenvalue weighted by atomic mass is 32.1. The van der Waals surface area contributed by atoms with Crippen molar-refractivity contribution in [2.45, 2.75) is 59.5 Å². The van der Waals surface area contributed by atoms with Gasteiger partial charge in [-0.15, -0.1) is 11.3 Å². The zero-order valence-electron chi connectivity index (χ0n) is 13.4. The van der Waals surface area contributed by atoms with Crippen molar-refractivity contribution in [3.05, 3.63) is 15.6 Å². The van der Waals surface area contributed by atoms with Crippen molar-refractivity contribution in [1.82, 2.24) is 10.3 Å². The van der Waals surface area contributed by atoms with Gasteiger partial charge in [0.25, 0.3) is 5.91 Å². The van der Waals surface area contributed by atoms with Gasteiger partial charge in [-0.2, -0.15) is 0 Å². The Kier molecular flexibility index (Phi) is 6.14. The van der Waals surface area contributed by atoms with Crippen LogP contribution in [0.3, 0.4) is 0 Å². The summed E-state index contributed by atoms with van der Waals surface area (Å²) in [5, 5.41) is 3.95. The van der Waals surface area contributed by atoms with E-state index in [4.69, 9.17) is 4.74 Å². The molecule has 0 spiro atoms. The third-order valence-electron chi connectivity index (χ3n) is 2.66. The molecule has 0 aromatic carbocycles. The molecule has 0 radical (unpaired) electrons. The summed E-state index contributed by atoms with van der Waals surface area (Å²) in [6, 6.07) is 0. The van der Waals surface area contributed by atoms with Gasteiger partial charge in [0.05, 0.1) is 16.3 Å². The summed E-state index contributed by atoms with van der Waals surface area (Å²) in [7, 11) is 0. The molecule has 1 aromatic heterocycles. The third kappa shape index (κ3) is 5.59. The Labute approximate surface area is 125 Å². The first-order valence-corrected chi connectivity index (χ1v) is 7.92. The first kappa shape index (κ1) is 17.1. The molecule has 0 unspecified atom stereocenters. The number of carbonyl (C=O) groups is 1. The lowest BCUT2D eigenvalue weighted by Crippen LogP contribution is -2.27. The predicted molar refractivity (Wildman–Crippen MR) is 83.6 cm³/mol. The molecule has 1 N–H and O–H groups in total. The molecule has 0 bridgehead atoms. The molecule has 1 heterocycles. The lowest BCUT2D eigenvalue weighted by molar-refractivity contribution is -0.00363. The first-order valence-electron chi connectivity index (χ1n) is 7.10. The Balaban J connectivity index is 2.40. The summed E-state index contributed by atoms with van der Waals surface area (Å²) < 4.78 is 5.62. The lowest BCUT2D eigenvalue weighted by Gasteiger charge is -2.19. The summed E-state index contributed by atoms with van der Waals surface area (Å²) in [5.74, 6) is 0.336. The molecule has 1 amide bonds. The quantitative estimate of drug-likeness (QED) is 0.818. The van der Waals surface area contributed by atoms with E-state index in [1.54, 1.807) is 0 Å². The standard InChI is InChI=1S/C15H26N2O2S/c1-10(2)14-17-11(3)12(20-14)13(18)16-8-7-9-19-15(4,5)6/h10H,7-9H2,1-6H3,(H,16,18). The summed E-state index contributed by atoms with van der Waals surface area (Å²) in [4.78, 5) is 17.2. The first-order chi connectivity index (χ1) is 9.20. The van der Waals surface area contributed by atoms with Gasteiger partial charge in [-0.3, -0.25) is 4.79 Å². The number of hydrogen-bond acceptors (Lipinski definition) is 4. The number of carbonyl (C=O) groups excluding carboxylic acids is 1. The van der Waals surface area contributed by atoms with E-state index >= 15 is 0 Å². The molecule has 114 valence electrons. The molecule has 0 saturated carbocycles. The molecule has 4 nitrogen and oxygen atoms in total. The van der Waals surface area contributed by atoms with Crippen LogP contribution in [0.4, 0.5) is 0 Å². The zero-order valence-corrected chi connectivity index (χ0v) is 14.2. The van der Waals surface area contributed by atoms with Crippen molar-refractivity contribution in [3.63, 3.8) is 0 Å². The average Bonchev–Trinajstić information content (AvgIpc) is 2.69. The molecule has 0 aliphatic heterocycles. The highest BCUT2D eigenvalue weighted by Gasteiger charge is 2.16. The van der Waals surface area contributed by atoms with Gasteiger partial charge in [-0.1, -0.05) is 13.8 Å². The zero-order chi connectivity index (χ0) is 15.3. The summed E-state index contributed by atoms with van der Waals surface area (Å²) in [6.45, 7) is 13.4. The van der Waals surface area contributed by atoms with Gasteiger partial charge in [-0.05, 0) is 34.1 Å². The smallest absolute Gasteiger partial charge is 0.263 e. The molecular weight excluding hydrogens is 272 g/mol. The van der Waals surface area contributed by atoms with Gasteiger partial charge in [0.2, 0.25) is 0 Å². The monoisotopic (exact) mass is 298 g/mol. The lowest BCUT2D eigenvalue weighted by atomic mass is 10.2. The maximum absolute atomic E-state index is 12.1. The van der Waals surface area contributed by atoms with E-state index in [-0.39, 0.29) is 11.5 Å². The van der Waals surface area contributed by atoms with Gasteiger partial charge in [0.15, 0.2) is 0 Å². The molecule has 20 heavy (non-hydrogen) atoms. The molecule has 0 fully saturated rings. The van der Waals surface area contributed by atoms with Crippen LogP contribution < -0.4 is 5.32 Å². The minimum Gasteiger partial charge on any atom is -0.376 e. The van der Waals surface area contributed by atoms with Gasteiger partial charge >= 0.3 is 0 Å². The van der Waals surface area contributed by atoms with Crippen molar-refractivity contribution in [1.29, 1.82) is 0 Å². The maximum atomic E-state index is 12.1. The number of amides is 1.